The molecule has 2 aromatic heterocycles. The van der Waals surface area contributed by atoms with Gasteiger partial charge < -0.3 is 5.32 Å². The predicted octanol–water partition coefficient (Wildman–Crippen LogP) is 3.02. The van der Waals surface area contributed by atoms with Crippen LogP contribution < -0.4 is 5.32 Å². The third-order valence-electron chi connectivity index (χ3n) is 4.58. The average molecular weight is 335 g/mol. The Kier molecular flexibility index (Phi) is 3.27. The largest absolute Gasteiger partial charge is 0.311 e. The highest BCUT2D eigenvalue weighted by Crippen LogP contribution is 2.48. The van der Waals surface area contributed by atoms with E-state index in [0.717, 1.165) is 41.1 Å². The van der Waals surface area contributed by atoms with E-state index in [1.807, 2.05) is 12.4 Å². The van der Waals surface area contributed by atoms with Crippen molar-refractivity contribution in [3.63, 3.8) is 0 Å². The van der Waals surface area contributed by atoms with Crippen molar-refractivity contribution in [3.8, 4) is 0 Å². The van der Waals surface area contributed by atoms with Crippen molar-refractivity contribution in [3.05, 3.63) is 28.9 Å². The van der Waals surface area contributed by atoms with Gasteiger partial charge in [-0.25, -0.2) is 9.97 Å². The topological polar surface area (TPSA) is 42.2 Å². The van der Waals surface area contributed by atoms with E-state index in [1.54, 1.807) is 6.20 Å². The molecule has 2 saturated carbocycles. The average Bonchev–Trinajstić information content (AvgIpc) is 3.34. The number of imidazole rings is 1. The van der Waals surface area contributed by atoms with Crippen LogP contribution in [0.25, 0.3) is 5.65 Å². The van der Waals surface area contributed by atoms with E-state index >= 15 is 0 Å². The molecule has 0 saturated heterocycles. The highest BCUT2D eigenvalue weighted by molar-refractivity contribution is 9.10. The second-order valence-corrected chi connectivity index (χ2v) is 6.97. The molecule has 0 amide bonds. The fourth-order valence-corrected chi connectivity index (χ4v) is 3.49. The summed E-state index contributed by atoms with van der Waals surface area (Å²) in [5.41, 5.74) is 2.11. The number of hydrogen-bond donors (Lipinski definition) is 1. The minimum Gasteiger partial charge on any atom is -0.311 e. The maximum Gasteiger partial charge on any atom is 0.155 e. The summed E-state index contributed by atoms with van der Waals surface area (Å²) in [4.78, 5) is 8.60. The maximum atomic E-state index is 4.39. The summed E-state index contributed by atoms with van der Waals surface area (Å²) in [6.07, 6.45) is 11.5. The Labute approximate surface area is 127 Å². The van der Waals surface area contributed by atoms with Gasteiger partial charge in [-0.3, -0.25) is 4.40 Å². The molecule has 1 N–H and O–H groups in total. The van der Waals surface area contributed by atoms with Gasteiger partial charge in [-0.15, -0.1) is 0 Å². The maximum absolute atomic E-state index is 4.39. The summed E-state index contributed by atoms with van der Waals surface area (Å²) in [6, 6.07) is 0. The van der Waals surface area contributed by atoms with Gasteiger partial charge in [-0.05, 0) is 65.9 Å². The molecule has 2 aromatic rings. The van der Waals surface area contributed by atoms with Crippen molar-refractivity contribution in [1.29, 1.82) is 0 Å². The summed E-state index contributed by atoms with van der Waals surface area (Å²) in [6.45, 7) is 2.04. The minimum absolute atomic E-state index is 0.845. The number of halogens is 1. The van der Waals surface area contributed by atoms with Crippen molar-refractivity contribution in [2.75, 3.05) is 6.54 Å². The SMILES string of the molecule is Brc1cn2c(CNCC(C3CC3)C3CC3)cnc2cn1. The van der Waals surface area contributed by atoms with Gasteiger partial charge in [0.05, 0.1) is 18.1 Å². The van der Waals surface area contributed by atoms with Crippen LogP contribution in [0.1, 0.15) is 31.4 Å². The van der Waals surface area contributed by atoms with Crippen molar-refractivity contribution < 1.29 is 0 Å². The molecule has 20 heavy (non-hydrogen) atoms. The number of aromatic nitrogens is 3. The first-order valence-corrected chi connectivity index (χ1v) is 8.29. The lowest BCUT2D eigenvalue weighted by molar-refractivity contribution is 0.377. The molecule has 0 aromatic carbocycles. The predicted molar refractivity (Wildman–Crippen MR) is 81.3 cm³/mol. The van der Waals surface area contributed by atoms with Crippen molar-refractivity contribution in [2.24, 2.45) is 17.8 Å². The van der Waals surface area contributed by atoms with Crippen LogP contribution in [-0.4, -0.2) is 20.9 Å². The number of nitrogens with one attached hydrogen (secondary N) is 1. The van der Waals surface area contributed by atoms with Gasteiger partial charge in [0.25, 0.3) is 0 Å². The molecular formula is C15H19BrN4. The molecule has 0 atom stereocenters. The van der Waals surface area contributed by atoms with Crippen molar-refractivity contribution >= 4 is 21.6 Å². The zero-order valence-electron chi connectivity index (χ0n) is 11.4. The first-order valence-electron chi connectivity index (χ1n) is 7.49. The van der Waals surface area contributed by atoms with Gasteiger partial charge >= 0.3 is 0 Å². The Balaban J connectivity index is 1.41. The molecule has 0 aliphatic heterocycles. The van der Waals surface area contributed by atoms with Crippen LogP contribution in [0, 0.1) is 17.8 Å². The second kappa shape index (κ2) is 5.11. The van der Waals surface area contributed by atoms with E-state index in [9.17, 15) is 0 Å². The number of rotatable bonds is 6. The Morgan fingerprint density at radius 1 is 1.20 bits per heavy atom. The van der Waals surface area contributed by atoms with Crippen molar-refractivity contribution in [2.45, 2.75) is 32.2 Å². The first kappa shape index (κ1) is 12.8. The van der Waals surface area contributed by atoms with E-state index < -0.39 is 0 Å². The monoisotopic (exact) mass is 334 g/mol. The molecular weight excluding hydrogens is 316 g/mol. The highest BCUT2D eigenvalue weighted by atomic mass is 79.9. The summed E-state index contributed by atoms with van der Waals surface area (Å²) >= 11 is 3.42. The third kappa shape index (κ3) is 2.61. The molecule has 0 spiro atoms. The Bertz CT molecular complexity index is 603. The van der Waals surface area contributed by atoms with Crippen LogP contribution in [0.2, 0.25) is 0 Å². The molecule has 4 rings (SSSR count). The normalized spacial score (nSPS) is 19.1. The lowest BCUT2D eigenvalue weighted by atomic mass is 9.98. The van der Waals surface area contributed by atoms with E-state index in [1.165, 1.54) is 31.4 Å². The van der Waals surface area contributed by atoms with Crippen LogP contribution in [-0.2, 0) is 6.54 Å². The van der Waals surface area contributed by atoms with E-state index in [4.69, 9.17) is 0 Å². The fraction of sp³-hybridized carbons (Fsp3) is 0.600. The van der Waals surface area contributed by atoms with E-state index in [-0.39, 0.29) is 0 Å². The van der Waals surface area contributed by atoms with E-state index in [0.29, 0.717) is 0 Å². The lowest BCUT2D eigenvalue weighted by Gasteiger charge is -2.16. The smallest absolute Gasteiger partial charge is 0.155 e. The molecule has 2 heterocycles. The molecule has 0 bridgehead atoms. The molecule has 4 nitrogen and oxygen atoms in total. The lowest BCUT2D eigenvalue weighted by Crippen LogP contribution is -2.25. The van der Waals surface area contributed by atoms with Crippen LogP contribution in [0.15, 0.2) is 23.2 Å². The molecule has 0 unspecified atom stereocenters. The Hall–Kier alpha value is -0.940. The minimum atomic E-state index is 0.845. The van der Waals surface area contributed by atoms with Gasteiger partial charge in [0.15, 0.2) is 5.65 Å². The fourth-order valence-electron chi connectivity index (χ4n) is 3.18. The standard InChI is InChI=1S/C15H19BrN4/c16-14-9-20-12(6-19-15(20)8-18-14)5-17-7-13(10-1-2-10)11-3-4-11/h6,8-11,13,17H,1-5,7H2. The van der Waals surface area contributed by atoms with Gasteiger partial charge in [0, 0.05) is 12.7 Å². The number of hydrogen-bond acceptors (Lipinski definition) is 3. The zero-order valence-corrected chi connectivity index (χ0v) is 13.0. The molecule has 0 radical (unpaired) electrons. The first-order chi connectivity index (χ1) is 9.81. The molecule has 2 aliphatic rings. The Morgan fingerprint density at radius 3 is 2.65 bits per heavy atom. The molecule has 106 valence electrons. The Morgan fingerprint density at radius 2 is 1.95 bits per heavy atom. The molecule has 5 heteroatoms. The molecule has 2 fully saturated rings. The van der Waals surface area contributed by atoms with Crippen LogP contribution in [0.3, 0.4) is 0 Å². The van der Waals surface area contributed by atoms with Gasteiger partial charge in [-0.1, -0.05) is 0 Å². The summed E-state index contributed by atoms with van der Waals surface area (Å²) in [5, 5.41) is 3.65. The summed E-state index contributed by atoms with van der Waals surface area (Å²) in [7, 11) is 0. The van der Waals surface area contributed by atoms with E-state index in [2.05, 4.69) is 35.6 Å². The van der Waals surface area contributed by atoms with Gasteiger partial charge in [0.2, 0.25) is 0 Å². The third-order valence-corrected chi connectivity index (χ3v) is 4.99. The summed E-state index contributed by atoms with van der Waals surface area (Å²) < 4.78 is 2.95. The molecule has 2 aliphatic carbocycles. The van der Waals surface area contributed by atoms with Gasteiger partial charge in [0.1, 0.15) is 4.60 Å². The number of fused-ring (bicyclic) bond motifs is 1. The van der Waals surface area contributed by atoms with Crippen LogP contribution in [0.4, 0.5) is 0 Å². The van der Waals surface area contributed by atoms with Crippen LogP contribution >= 0.6 is 15.9 Å². The zero-order chi connectivity index (χ0) is 13.5. The van der Waals surface area contributed by atoms with Crippen LogP contribution in [0.5, 0.6) is 0 Å². The summed E-state index contributed by atoms with van der Waals surface area (Å²) in [5.74, 6) is 2.94. The van der Waals surface area contributed by atoms with Gasteiger partial charge in [-0.2, -0.15) is 0 Å². The van der Waals surface area contributed by atoms with Crippen molar-refractivity contribution in [1.82, 2.24) is 19.7 Å². The highest BCUT2D eigenvalue weighted by Gasteiger charge is 2.40. The quantitative estimate of drug-likeness (QED) is 0.882. The number of nitrogens with zero attached hydrogens (tertiary/aromatic N) is 3. The second-order valence-electron chi connectivity index (χ2n) is 6.16.